The van der Waals surface area contributed by atoms with Crippen LogP contribution in [0.5, 0.6) is 0 Å². The Morgan fingerprint density at radius 1 is 1.21 bits per heavy atom. The Balaban J connectivity index is 1.85. The number of rotatable bonds is 2. The Morgan fingerprint density at radius 3 is 2.74 bits per heavy atom. The lowest BCUT2D eigenvalue weighted by atomic mass is 9.95. The van der Waals surface area contributed by atoms with Crippen LogP contribution in [-0.4, -0.2) is 5.78 Å². The predicted octanol–water partition coefficient (Wildman–Crippen LogP) is 4.08. The molecular formula is C16H12ClFO. The third-order valence-electron chi connectivity index (χ3n) is 3.60. The standard InChI is InChI=1S/C16H12ClFO/c17-13-6-5-11(15(18)9-13)8-12-7-10-3-1-2-4-14(10)16(12)19/h1-6,9,12H,7-8H2. The average molecular weight is 275 g/mol. The molecule has 1 nitrogen and oxygen atoms in total. The average Bonchev–Trinajstić information content (AvgIpc) is 2.70. The molecule has 96 valence electrons. The molecule has 0 aliphatic heterocycles. The van der Waals surface area contributed by atoms with Crippen molar-refractivity contribution in [2.75, 3.05) is 0 Å². The summed E-state index contributed by atoms with van der Waals surface area (Å²) in [5.41, 5.74) is 2.39. The molecule has 2 aromatic carbocycles. The van der Waals surface area contributed by atoms with Crippen LogP contribution in [-0.2, 0) is 12.8 Å². The zero-order valence-electron chi connectivity index (χ0n) is 10.2. The number of carbonyl (C=O) groups excluding carboxylic acids is 1. The fraction of sp³-hybridized carbons (Fsp3) is 0.188. The molecule has 0 aromatic heterocycles. The van der Waals surface area contributed by atoms with Crippen LogP contribution in [0.2, 0.25) is 5.02 Å². The topological polar surface area (TPSA) is 17.1 Å². The molecule has 19 heavy (non-hydrogen) atoms. The molecule has 0 heterocycles. The monoisotopic (exact) mass is 274 g/mol. The summed E-state index contributed by atoms with van der Waals surface area (Å²) < 4.78 is 13.8. The number of benzene rings is 2. The predicted molar refractivity (Wildman–Crippen MR) is 73.1 cm³/mol. The van der Waals surface area contributed by atoms with Crippen molar-refractivity contribution in [2.24, 2.45) is 5.92 Å². The number of Topliss-reactive ketones (excluding diaryl/α,β-unsaturated/α-hetero) is 1. The summed E-state index contributed by atoms with van der Waals surface area (Å²) in [7, 11) is 0. The number of carbonyl (C=O) groups is 1. The summed E-state index contributed by atoms with van der Waals surface area (Å²) in [6, 6.07) is 12.2. The van der Waals surface area contributed by atoms with E-state index < -0.39 is 0 Å². The molecule has 0 fully saturated rings. The van der Waals surface area contributed by atoms with Crippen LogP contribution >= 0.6 is 11.6 Å². The molecule has 0 amide bonds. The molecule has 1 unspecified atom stereocenters. The summed E-state index contributed by atoms with van der Waals surface area (Å²) in [6.07, 6.45) is 1.12. The van der Waals surface area contributed by atoms with Gasteiger partial charge in [0.1, 0.15) is 5.82 Å². The molecule has 3 heteroatoms. The zero-order valence-corrected chi connectivity index (χ0v) is 11.0. The molecule has 2 aromatic rings. The van der Waals surface area contributed by atoms with E-state index in [-0.39, 0.29) is 17.5 Å². The van der Waals surface area contributed by atoms with E-state index in [1.54, 1.807) is 12.1 Å². The molecule has 0 spiro atoms. The van der Waals surface area contributed by atoms with Crippen LogP contribution in [0.3, 0.4) is 0 Å². The molecule has 3 rings (SSSR count). The number of hydrogen-bond donors (Lipinski definition) is 0. The van der Waals surface area contributed by atoms with E-state index in [9.17, 15) is 9.18 Å². The van der Waals surface area contributed by atoms with Gasteiger partial charge in [0.15, 0.2) is 5.78 Å². The second kappa shape index (κ2) is 4.78. The maximum absolute atomic E-state index is 13.8. The van der Waals surface area contributed by atoms with E-state index in [1.165, 1.54) is 6.07 Å². The van der Waals surface area contributed by atoms with Crippen LogP contribution in [0.25, 0.3) is 0 Å². The second-order valence-electron chi connectivity index (χ2n) is 4.86. The highest BCUT2D eigenvalue weighted by atomic mass is 35.5. The summed E-state index contributed by atoms with van der Waals surface area (Å²) >= 11 is 5.73. The van der Waals surface area contributed by atoms with E-state index in [0.717, 1.165) is 11.1 Å². The highest BCUT2D eigenvalue weighted by Crippen LogP contribution is 2.30. The van der Waals surface area contributed by atoms with Crippen molar-refractivity contribution in [2.45, 2.75) is 12.8 Å². The van der Waals surface area contributed by atoms with E-state index in [2.05, 4.69) is 0 Å². The third kappa shape index (κ3) is 2.28. The maximum atomic E-state index is 13.8. The van der Waals surface area contributed by atoms with E-state index in [1.807, 2.05) is 24.3 Å². The summed E-state index contributed by atoms with van der Waals surface area (Å²) in [5, 5.41) is 0.377. The van der Waals surface area contributed by atoms with Crippen molar-refractivity contribution in [3.8, 4) is 0 Å². The van der Waals surface area contributed by atoms with Crippen molar-refractivity contribution in [3.05, 3.63) is 70.0 Å². The smallest absolute Gasteiger partial charge is 0.166 e. The van der Waals surface area contributed by atoms with Gasteiger partial charge in [-0.15, -0.1) is 0 Å². The Kier molecular flexibility index (Phi) is 3.11. The van der Waals surface area contributed by atoms with Crippen molar-refractivity contribution < 1.29 is 9.18 Å². The van der Waals surface area contributed by atoms with Crippen LogP contribution < -0.4 is 0 Å². The van der Waals surface area contributed by atoms with Gasteiger partial charge in [0.25, 0.3) is 0 Å². The first-order chi connectivity index (χ1) is 9.15. The lowest BCUT2D eigenvalue weighted by Gasteiger charge is -2.09. The lowest BCUT2D eigenvalue weighted by molar-refractivity contribution is 0.0936. The van der Waals surface area contributed by atoms with Gasteiger partial charge < -0.3 is 0 Å². The molecule has 0 saturated carbocycles. The van der Waals surface area contributed by atoms with Gasteiger partial charge in [0.2, 0.25) is 0 Å². The Bertz CT molecular complexity index is 651. The highest BCUT2D eigenvalue weighted by molar-refractivity contribution is 6.30. The van der Waals surface area contributed by atoms with Gasteiger partial charge >= 0.3 is 0 Å². The minimum atomic E-state index is -0.337. The van der Waals surface area contributed by atoms with Gasteiger partial charge in [-0.2, -0.15) is 0 Å². The summed E-state index contributed by atoms with van der Waals surface area (Å²) in [4.78, 5) is 12.2. The maximum Gasteiger partial charge on any atom is 0.166 e. The molecule has 1 aliphatic carbocycles. The van der Waals surface area contributed by atoms with Gasteiger partial charge in [-0.1, -0.05) is 41.9 Å². The Hall–Kier alpha value is -1.67. The van der Waals surface area contributed by atoms with E-state index in [4.69, 9.17) is 11.6 Å². The van der Waals surface area contributed by atoms with E-state index >= 15 is 0 Å². The molecule has 1 aliphatic rings. The van der Waals surface area contributed by atoms with Crippen LogP contribution in [0.15, 0.2) is 42.5 Å². The van der Waals surface area contributed by atoms with Gasteiger partial charge in [-0.25, -0.2) is 4.39 Å². The van der Waals surface area contributed by atoms with Crippen molar-refractivity contribution >= 4 is 17.4 Å². The van der Waals surface area contributed by atoms with Crippen molar-refractivity contribution in [3.63, 3.8) is 0 Å². The normalized spacial score (nSPS) is 17.6. The molecule has 0 bridgehead atoms. The molecule has 0 saturated heterocycles. The SMILES string of the molecule is O=C1c2ccccc2CC1Cc1ccc(Cl)cc1F. The summed E-state index contributed by atoms with van der Waals surface area (Å²) in [6.45, 7) is 0. The molecule has 0 radical (unpaired) electrons. The fourth-order valence-corrected chi connectivity index (χ4v) is 2.79. The number of halogens is 2. The number of hydrogen-bond acceptors (Lipinski definition) is 1. The van der Waals surface area contributed by atoms with Crippen molar-refractivity contribution in [1.82, 2.24) is 0 Å². The van der Waals surface area contributed by atoms with Gasteiger partial charge in [-0.05, 0) is 36.1 Å². The highest BCUT2D eigenvalue weighted by Gasteiger charge is 2.30. The van der Waals surface area contributed by atoms with Crippen LogP contribution in [0, 0.1) is 11.7 Å². The number of fused-ring (bicyclic) bond motifs is 1. The first kappa shape index (κ1) is 12.4. The van der Waals surface area contributed by atoms with Crippen LogP contribution in [0.4, 0.5) is 4.39 Å². The third-order valence-corrected chi connectivity index (χ3v) is 3.84. The van der Waals surface area contributed by atoms with Gasteiger partial charge in [0, 0.05) is 16.5 Å². The molecular weight excluding hydrogens is 263 g/mol. The summed E-state index contributed by atoms with van der Waals surface area (Å²) in [5.74, 6) is -0.380. The Labute approximate surface area is 116 Å². The second-order valence-corrected chi connectivity index (χ2v) is 5.30. The number of ketones is 1. The first-order valence-corrected chi connectivity index (χ1v) is 6.59. The molecule has 1 atom stereocenters. The largest absolute Gasteiger partial charge is 0.294 e. The van der Waals surface area contributed by atoms with Crippen LogP contribution in [0.1, 0.15) is 21.5 Å². The van der Waals surface area contributed by atoms with Gasteiger partial charge in [-0.3, -0.25) is 4.79 Å². The minimum absolute atomic E-state index is 0.116. The quantitative estimate of drug-likeness (QED) is 0.806. The van der Waals surface area contributed by atoms with E-state index in [0.29, 0.717) is 23.4 Å². The zero-order chi connectivity index (χ0) is 13.4. The minimum Gasteiger partial charge on any atom is -0.294 e. The van der Waals surface area contributed by atoms with Gasteiger partial charge in [0.05, 0.1) is 0 Å². The molecule has 0 N–H and O–H groups in total. The Morgan fingerprint density at radius 2 is 2.00 bits per heavy atom. The fourth-order valence-electron chi connectivity index (χ4n) is 2.63. The first-order valence-electron chi connectivity index (χ1n) is 6.21. The lowest BCUT2D eigenvalue weighted by Crippen LogP contribution is -2.13. The van der Waals surface area contributed by atoms with Crippen molar-refractivity contribution in [1.29, 1.82) is 0 Å².